The van der Waals surface area contributed by atoms with Crippen molar-refractivity contribution in [2.45, 2.75) is 46.0 Å². The minimum atomic E-state index is -0.126. The lowest BCUT2D eigenvalue weighted by atomic mass is 9.79. The fraction of sp³-hybridized carbons (Fsp3) is 0.579. The average Bonchev–Trinajstić information content (AvgIpc) is 3.44. The van der Waals surface area contributed by atoms with Crippen molar-refractivity contribution in [1.29, 1.82) is 0 Å². The first-order valence-electron chi connectivity index (χ1n) is 8.83. The van der Waals surface area contributed by atoms with Crippen LogP contribution in [0.4, 0.5) is 5.69 Å². The number of anilines is 1. The van der Waals surface area contributed by atoms with E-state index in [2.05, 4.69) is 24.5 Å². The first-order chi connectivity index (χ1) is 11.5. The van der Waals surface area contributed by atoms with E-state index in [1.807, 2.05) is 0 Å². The van der Waals surface area contributed by atoms with Crippen LogP contribution in [0.1, 0.15) is 56.3 Å². The van der Waals surface area contributed by atoms with Gasteiger partial charge < -0.3 is 15.7 Å². The van der Waals surface area contributed by atoms with E-state index in [0.29, 0.717) is 18.5 Å². The number of carbonyl (C=O) groups is 2. The summed E-state index contributed by atoms with van der Waals surface area (Å²) in [5, 5.41) is 15.1. The molecule has 0 aromatic heterocycles. The SMILES string of the molecule is CCC(CC)(CCO)CNC(=O)c1ccc(NC(=O)C2CC2)cc1. The molecule has 0 aliphatic heterocycles. The third-order valence-electron chi connectivity index (χ3n) is 5.13. The monoisotopic (exact) mass is 332 g/mol. The first kappa shape index (κ1) is 18.5. The quantitative estimate of drug-likeness (QED) is 0.650. The van der Waals surface area contributed by atoms with Gasteiger partial charge in [-0.05, 0) is 61.8 Å². The van der Waals surface area contributed by atoms with Crippen LogP contribution >= 0.6 is 0 Å². The zero-order chi connectivity index (χ0) is 17.6. The van der Waals surface area contributed by atoms with Crippen LogP contribution < -0.4 is 10.6 Å². The van der Waals surface area contributed by atoms with E-state index in [1.165, 1.54) is 0 Å². The molecule has 1 aromatic rings. The second-order valence-electron chi connectivity index (χ2n) is 6.70. The third-order valence-corrected chi connectivity index (χ3v) is 5.13. The Morgan fingerprint density at radius 1 is 1.17 bits per heavy atom. The van der Waals surface area contributed by atoms with E-state index in [1.54, 1.807) is 24.3 Å². The van der Waals surface area contributed by atoms with Crippen LogP contribution in [-0.2, 0) is 4.79 Å². The topological polar surface area (TPSA) is 78.4 Å². The van der Waals surface area contributed by atoms with Gasteiger partial charge in [0.1, 0.15) is 0 Å². The van der Waals surface area contributed by atoms with Gasteiger partial charge in [0.2, 0.25) is 5.91 Å². The highest BCUT2D eigenvalue weighted by molar-refractivity contribution is 5.96. The molecule has 5 heteroatoms. The van der Waals surface area contributed by atoms with Crippen LogP contribution in [0, 0.1) is 11.3 Å². The largest absolute Gasteiger partial charge is 0.396 e. The lowest BCUT2D eigenvalue weighted by Crippen LogP contribution is -2.37. The van der Waals surface area contributed by atoms with Gasteiger partial charge in [0.05, 0.1) is 0 Å². The van der Waals surface area contributed by atoms with E-state index in [0.717, 1.165) is 31.4 Å². The van der Waals surface area contributed by atoms with Crippen LogP contribution in [0.5, 0.6) is 0 Å². The van der Waals surface area contributed by atoms with Crippen molar-refractivity contribution in [2.24, 2.45) is 11.3 Å². The number of amides is 2. The molecule has 1 aliphatic rings. The Balaban J connectivity index is 1.90. The molecule has 0 atom stereocenters. The molecule has 0 bridgehead atoms. The molecule has 1 fully saturated rings. The predicted octanol–water partition coefficient (Wildman–Crippen LogP) is 2.95. The number of aliphatic hydroxyl groups excluding tert-OH is 1. The molecule has 3 N–H and O–H groups in total. The van der Waals surface area contributed by atoms with Crippen molar-refractivity contribution in [2.75, 3.05) is 18.5 Å². The Labute approximate surface area is 143 Å². The van der Waals surface area contributed by atoms with E-state index >= 15 is 0 Å². The molecule has 5 nitrogen and oxygen atoms in total. The summed E-state index contributed by atoms with van der Waals surface area (Å²) in [6, 6.07) is 6.97. The minimum absolute atomic E-state index is 0.0530. The van der Waals surface area contributed by atoms with Crippen molar-refractivity contribution in [3.8, 4) is 0 Å². The summed E-state index contributed by atoms with van der Waals surface area (Å²) in [6.07, 6.45) is 4.45. The molecule has 132 valence electrons. The number of rotatable bonds is 9. The third kappa shape index (κ3) is 4.81. The molecule has 1 saturated carbocycles. The minimum Gasteiger partial charge on any atom is -0.396 e. The zero-order valence-electron chi connectivity index (χ0n) is 14.6. The highest BCUT2D eigenvalue weighted by Crippen LogP contribution is 2.30. The molecule has 1 aromatic carbocycles. The fourth-order valence-electron chi connectivity index (χ4n) is 2.84. The molecule has 0 heterocycles. The Hall–Kier alpha value is -1.88. The molecule has 0 saturated heterocycles. The van der Waals surface area contributed by atoms with Gasteiger partial charge in [-0.15, -0.1) is 0 Å². The summed E-state index contributed by atoms with van der Waals surface area (Å²) in [5.41, 5.74) is 1.24. The van der Waals surface area contributed by atoms with Crippen molar-refractivity contribution >= 4 is 17.5 Å². The van der Waals surface area contributed by atoms with Gasteiger partial charge in [0.15, 0.2) is 0 Å². The molecule has 0 unspecified atom stereocenters. The summed E-state index contributed by atoms with van der Waals surface area (Å²) >= 11 is 0. The summed E-state index contributed by atoms with van der Waals surface area (Å²) in [5.74, 6) is 0.0990. The molecule has 24 heavy (non-hydrogen) atoms. The van der Waals surface area contributed by atoms with Crippen molar-refractivity contribution in [1.82, 2.24) is 5.32 Å². The second kappa shape index (κ2) is 8.29. The van der Waals surface area contributed by atoms with Crippen molar-refractivity contribution in [3.05, 3.63) is 29.8 Å². The van der Waals surface area contributed by atoms with E-state index in [9.17, 15) is 14.7 Å². The molecule has 1 aliphatic carbocycles. The van der Waals surface area contributed by atoms with Gasteiger partial charge in [-0.2, -0.15) is 0 Å². The Bertz CT molecular complexity index is 560. The number of hydrogen-bond donors (Lipinski definition) is 3. The first-order valence-corrected chi connectivity index (χ1v) is 8.83. The summed E-state index contributed by atoms with van der Waals surface area (Å²) in [6.45, 7) is 4.86. The molecule has 2 amide bonds. The Kier molecular flexibility index (Phi) is 6.37. The maximum absolute atomic E-state index is 12.3. The molecule has 2 rings (SSSR count). The molecule has 0 spiro atoms. The summed E-state index contributed by atoms with van der Waals surface area (Å²) in [4.78, 5) is 24.0. The molecule has 0 radical (unpaired) electrons. The van der Waals surface area contributed by atoms with Gasteiger partial charge in [-0.25, -0.2) is 0 Å². The highest BCUT2D eigenvalue weighted by Gasteiger charge is 2.29. The normalized spacial score (nSPS) is 14.3. The van der Waals surface area contributed by atoms with Crippen LogP contribution in [0.2, 0.25) is 0 Å². The average molecular weight is 332 g/mol. The van der Waals surface area contributed by atoms with Crippen LogP contribution in [0.25, 0.3) is 0 Å². The maximum Gasteiger partial charge on any atom is 0.251 e. The summed E-state index contributed by atoms with van der Waals surface area (Å²) in [7, 11) is 0. The maximum atomic E-state index is 12.3. The number of hydrogen-bond acceptors (Lipinski definition) is 3. The number of carbonyl (C=O) groups excluding carboxylic acids is 2. The zero-order valence-corrected chi connectivity index (χ0v) is 14.6. The van der Waals surface area contributed by atoms with E-state index in [4.69, 9.17) is 0 Å². The van der Waals surface area contributed by atoms with Crippen molar-refractivity contribution in [3.63, 3.8) is 0 Å². The van der Waals surface area contributed by atoms with E-state index in [-0.39, 0.29) is 29.8 Å². The molecular formula is C19H28N2O3. The number of aliphatic hydroxyl groups is 1. The van der Waals surface area contributed by atoms with Gasteiger partial charge in [-0.3, -0.25) is 9.59 Å². The summed E-state index contributed by atoms with van der Waals surface area (Å²) < 4.78 is 0. The van der Waals surface area contributed by atoms with Gasteiger partial charge in [0.25, 0.3) is 5.91 Å². The number of benzene rings is 1. The smallest absolute Gasteiger partial charge is 0.251 e. The van der Waals surface area contributed by atoms with Gasteiger partial charge in [-0.1, -0.05) is 13.8 Å². The Morgan fingerprint density at radius 2 is 1.79 bits per heavy atom. The molecular weight excluding hydrogens is 304 g/mol. The Morgan fingerprint density at radius 3 is 2.29 bits per heavy atom. The van der Waals surface area contributed by atoms with E-state index < -0.39 is 0 Å². The standard InChI is InChI=1S/C19H28N2O3/c1-3-19(4-2,11-12-22)13-20-17(23)14-7-9-16(10-8-14)21-18(24)15-5-6-15/h7-10,15,22H,3-6,11-13H2,1-2H3,(H,20,23)(H,21,24). The van der Waals surface area contributed by atoms with Gasteiger partial charge >= 0.3 is 0 Å². The van der Waals surface area contributed by atoms with Crippen molar-refractivity contribution < 1.29 is 14.7 Å². The van der Waals surface area contributed by atoms with Crippen LogP contribution in [0.3, 0.4) is 0 Å². The van der Waals surface area contributed by atoms with Crippen LogP contribution in [0.15, 0.2) is 24.3 Å². The highest BCUT2D eigenvalue weighted by atomic mass is 16.3. The number of nitrogens with one attached hydrogen (secondary N) is 2. The lowest BCUT2D eigenvalue weighted by molar-refractivity contribution is -0.117. The van der Waals surface area contributed by atoms with Gasteiger partial charge in [0, 0.05) is 30.3 Å². The second-order valence-corrected chi connectivity index (χ2v) is 6.70. The fourth-order valence-corrected chi connectivity index (χ4v) is 2.84. The lowest BCUT2D eigenvalue weighted by Gasteiger charge is -2.31. The predicted molar refractivity (Wildman–Crippen MR) is 94.8 cm³/mol. The van der Waals surface area contributed by atoms with Crippen LogP contribution in [-0.4, -0.2) is 30.1 Å².